The number of nitrogens with two attached hydrogens (primary N) is 1. The lowest BCUT2D eigenvalue weighted by Crippen LogP contribution is -2.43. The van der Waals surface area contributed by atoms with Gasteiger partial charge in [0.1, 0.15) is 17.6 Å². The Morgan fingerprint density at radius 3 is 2.63 bits per heavy atom. The van der Waals surface area contributed by atoms with Crippen molar-refractivity contribution in [3.63, 3.8) is 0 Å². The largest absolute Gasteiger partial charge is 0.480 e. The van der Waals surface area contributed by atoms with Crippen molar-refractivity contribution in [3.05, 3.63) is 47.3 Å². The summed E-state index contributed by atoms with van der Waals surface area (Å²) in [7, 11) is 2.59. The molecule has 1 saturated heterocycles. The Morgan fingerprint density at radius 1 is 1.29 bits per heavy atom. The quantitative estimate of drug-likeness (QED) is 0.222. The van der Waals surface area contributed by atoms with Gasteiger partial charge in [0.05, 0.1) is 6.04 Å². The van der Waals surface area contributed by atoms with Crippen LogP contribution >= 0.6 is 21.6 Å². The summed E-state index contributed by atoms with van der Waals surface area (Å²) in [4.78, 5) is 48.1. The summed E-state index contributed by atoms with van der Waals surface area (Å²) < 4.78 is 14.0. The second kappa shape index (κ2) is 14.2. The lowest BCUT2D eigenvalue weighted by molar-refractivity contribution is -0.141. The van der Waals surface area contributed by atoms with Crippen molar-refractivity contribution in [2.45, 2.75) is 50.1 Å². The third-order valence-corrected chi connectivity index (χ3v) is 8.33. The first-order valence-corrected chi connectivity index (χ1v) is 13.4. The molecule has 1 amide bonds. The molecule has 1 aliphatic rings. The third-order valence-electron chi connectivity index (χ3n) is 5.44. The number of carbonyl (C=O) groups excluding carboxylic acids is 2. The fourth-order valence-corrected chi connectivity index (χ4v) is 6.32. The zero-order valence-corrected chi connectivity index (χ0v) is 20.9. The fourth-order valence-electron chi connectivity index (χ4n) is 3.45. The maximum atomic E-state index is 14.0. The van der Waals surface area contributed by atoms with Crippen LogP contribution in [0.25, 0.3) is 0 Å². The molecule has 35 heavy (non-hydrogen) atoms. The monoisotopic (exact) mass is 527 g/mol. The van der Waals surface area contributed by atoms with E-state index >= 15 is 0 Å². The van der Waals surface area contributed by atoms with Crippen LogP contribution in [0.2, 0.25) is 0 Å². The number of nitrogens with one attached hydrogen (secondary N) is 1. The van der Waals surface area contributed by atoms with E-state index in [-0.39, 0.29) is 35.4 Å². The van der Waals surface area contributed by atoms with E-state index in [9.17, 15) is 33.8 Å². The summed E-state index contributed by atoms with van der Waals surface area (Å²) in [6.45, 7) is 2.66. The Labute approximate surface area is 211 Å². The van der Waals surface area contributed by atoms with Crippen LogP contribution < -0.4 is 11.1 Å². The number of carbonyl (C=O) groups is 4. The van der Waals surface area contributed by atoms with Gasteiger partial charge in [-0.15, -0.1) is 0 Å². The molecule has 1 heterocycles. The van der Waals surface area contributed by atoms with Gasteiger partial charge in [-0.1, -0.05) is 39.8 Å². The van der Waals surface area contributed by atoms with Gasteiger partial charge in [-0.3, -0.25) is 14.5 Å². The molecule has 1 aromatic carbocycles. The fraction of sp³-hybridized carbons (Fsp3) is 0.478. The van der Waals surface area contributed by atoms with Crippen LogP contribution in [0.3, 0.4) is 0 Å². The zero-order valence-electron chi connectivity index (χ0n) is 19.3. The van der Waals surface area contributed by atoms with Gasteiger partial charge in [-0.05, 0) is 31.4 Å². The highest BCUT2D eigenvalue weighted by atomic mass is 33.1. The maximum absolute atomic E-state index is 14.0. The predicted molar refractivity (Wildman–Crippen MR) is 133 cm³/mol. The third kappa shape index (κ3) is 10.0. The summed E-state index contributed by atoms with van der Waals surface area (Å²) in [5, 5.41) is 21.0. The van der Waals surface area contributed by atoms with Crippen LogP contribution in [0.5, 0.6) is 0 Å². The normalized spacial score (nSPS) is 19.2. The van der Waals surface area contributed by atoms with Gasteiger partial charge >= 0.3 is 11.9 Å². The zero-order chi connectivity index (χ0) is 26.0. The molecule has 0 saturated carbocycles. The van der Waals surface area contributed by atoms with Crippen molar-refractivity contribution in [3.8, 4) is 0 Å². The molecule has 2 rings (SSSR count). The molecular formula is C23H30FN3O6S2. The number of carboxylic acid groups (broad SMARTS) is 2. The van der Waals surface area contributed by atoms with Gasteiger partial charge in [0.25, 0.3) is 0 Å². The number of aliphatic carboxylic acids is 2. The first-order chi connectivity index (χ1) is 16.6. The van der Waals surface area contributed by atoms with Crippen LogP contribution in [-0.2, 0) is 25.7 Å². The summed E-state index contributed by atoms with van der Waals surface area (Å²) in [6.07, 6.45) is 1.83. The van der Waals surface area contributed by atoms with Gasteiger partial charge in [0.15, 0.2) is 0 Å². The number of benzene rings is 1. The van der Waals surface area contributed by atoms with Gasteiger partial charge in [0, 0.05) is 48.7 Å². The second-order valence-corrected chi connectivity index (χ2v) is 10.8. The van der Waals surface area contributed by atoms with Crippen molar-refractivity contribution < 1.29 is 33.8 Å². The minimum Gasteiger partial charge on any atom is -0.480 e. The number of halogens is 1. The smallest absolute Gasteiger partial charge is 0.328 e. The number of amides is 1. The van der Waals surface area contributed by atoms with E-state index < -0.39 is 29.9 Å². The highest BCUT2D eigenvalue weighted by molar-refractivity contribution is 8.77. The van der Waals surface area contributed by atoms with Crippen LogP contribution in [0.1, 0.15) is 31.7 Å². The summed E-state index contributed by atoms with van der Waals surface area (Å²) in [5.41, 5.74) is 6.80. The van der Waals surface area contributed by atoms with Crippen molar-refractivity contribution in [1.82, 2.24) is 10.2 Å². The Morgan fingerprint density at radius 2 is 2.00 bits per heavy atom. The van der Waals surface area contributed by atoms with Crippen molar-refractivity contribution in [1.29, 1.82) is 0 Å². The van der Waals surface area contributed by atoms with E-state index in [4.69, 9.17) is 5.73 Å². The molecule has 5 N–H and O–H groups in total. The minimum absolute atomic E-state index is 0.0612. The highest BCUT2D eigenvalue weighted by Gasteiger charge is 2.27. The Hall–Kier alpha value is -2.41. The van der Waals surface area contributed by atoms with Gasteiger partial charge in [-0.25, -0.2) is 14.0 Å². The minimum atomic E-state index is -1.19. The molecule has 192 valence electrons. The lowest BCUT2D eigenvalue weighted by Gasteiger charge is -2.33. The van der Waals surface area contributed by atoms with E-state index in [0.29, 0.717) is 37.2 Å². The molecule has 9 nitrogen and oxygen atoms in total. The molecule has 0 aromatic heterocycles. The lowest BCUT2D eigenvalue weighted by atomic mass is 10.0. The number of carboxylic acids is 2. The average Bonchev–Trinajstić information content (AvgIpc) is 2.79. The van der Waals surface area contributed by atoms with E-state index in [0.717, 1.165) is 6.08 Å². The SMILES string of the molecule is CC(=O)C(N)CCC(=O)NC(CSSC1CCN(Cc2ccccc2F)C/C1=C/C(=O)O)C(=O)O. The topological polar surface area (TPSA) is 150 Å². The molecule has 0 aliphatic carbocycles. The van der Waals surface area contributed by atoms with Crippen molar-refractivity contribution in [2.75, 3.05) is 18.8 Å². The molecule has 3 unspecified atom stereocenters. The number of rotatable bonds is 13. The van der Waals surface area contributed by atoms with E-state index in [1.165, 1.54) is 34.6 Å². The van der Waals surface area contributed by atoms with E-state index in [1.807, 2.05) is 4.90 Å². The van der Waals surface area contributed by atoms with Gasteiger partial charge in [-0.2, -0.15) is 0 Å². The molecular weight excluding hydrogens is 497 g/mol. The molecule has 3 atom stereocenters. The molecule has 0 spiro atoms. The molecule has 1 aromatic rings. The molecule has 1 aliphatic heterocycles. The van der Waals surface area contributed by atoms with Gasteiger partial charge in [0.2, 0.25) is 5.91 Å². The summed E-state index contributed by atoms with van der Waals surface area (Å²) in [5.74, 6) is -3.27. The van der Waals surface area contributed by atoms with Crippen LogP contribution in [0.4, 0.5) is 4.39 Å². The number of Topliss-reactive ketones (excluding diaryl/α,β-unsaturated/α-hetero) is 1. The molecule has 0 bridgehead atoms. The van der Waals surface area contributed by atoms with Crippen molar-refractivity contribution in [2.24, 2.45) is 5.73 Å². The number of ketones is 1. The maximum Gasteiger partial charge on any atom is 0.328 e. The first kappa shape index (κ1) is 28.8. The number of hydrogen-bond acceptors (Lipinski definition) is 8. The number of piperidine rings is 1. The van der Waals surface area contributed by atoms with Crippen molar-refractivity contribution >= 4 is 45.2 Å². The van der Waals surface area contributed by atoms with Crippen LogP contribution in [0, 0.1) is 5.82 Å². The van der Waals surface area contributed by atoms with E-state index in [2.05, 4.69) is 5.32 Å². The molecule has 1 fully saturated rings. The molecule has 12 heteroatoms. The Kier molecular flexibility index (Phi) is 11.7. The first-order valence-electron chi connectivity index (χ1n) is 11.0. The Bertz CT molecular complexity index is 961. The van der Waals surface area contributed by atoms with Crippen LogP contribution in [0.15, 0.2) is 35.9 Å². The number of hydrogen-bond donors (Lipinski definition) is 4. The second-order valence-electron chi connectivity index (χ2n) is 8.23. The average molecular weight is 528 g/mol. The summed E-state index contributed by atoms with van der Waals surface area (Å²) in [6, 6.07) is 4.54. The highest BCUT2D eigenvalue weighted by Crippen LogP contribution is 2.37. The number of likely N-dealkylation sites (tertiary alicyclic amines) is 1. The number of nitrogens with zero attached hydrogens (tertiary/aromatic N) is 1. The molecule has 0 radical (unpaired) electrons. The van der Waals surface area contributed by atoms with E-state index in [1.54, 1.807) is 18.2 Å². The van der Waals surface area contributed by atoms with Crippen LogP contribution in [-0.4, -0.2) is 74.9 Å². The standard InChI is InChI=1S/C23H30FN3O6S2/c1-14(28)18(25)6-7-21(29)26-19(23(32)33)13-34-35-20-8-9-27(12-16(20)10-22(30)31)11-15-4-2-3-5-17(15)24/h2-5,10,18-20H,6-9,11-13,25H2,1H3,(H,26,29)(H,30,31)(H,32,33)/b16-10-. The Balaban J connectivity index is 1.90. The predicted octanol–water partition coefficient (Wildman–Crippen LogP) is 2.06. The van der Waals surface area contributed by atoms with Gasteiger partial charge < -0.3 is 21.3 Å². The summed E-state index contributed by atoms with van der Waals surface area (Å²) >= 11 is 0.